The van der Waals surface area contributed by atoms with Crippen LogP contribution in [0.5, 0.6) is 0 Å². The SMILES string of the molecule is CC(CN1CCCC1CO)C(=N)N. The van der Waals surface area contributed by atoms with Gasteiger partial charge in [-0.1, -0.05) is 6.92 Å². The average Bonchev–Trinajstić information content (AvgIpc) is 2.51. The monoisotopic (exact) mass is 185 g/mol. The Kier molecular flexibility index (Phi) is 3.69. The molecular weight excluding hydrogens is 166 g/mol. The second-order valence-corrected chi connectivity index (χ2v) is 3.83. The van der Waals surface area contributed by atoms with Crippen LogP contribution >= 0.6 is 0 Å². The molecule has 1 fully saturated rings. The van der Waals surface area contributed by atoms with Gasteiger partial charge in [0.1, 0.15) is 0 Å². The van der Waals surface area contributed by atoms with E-state index in [-0.39, 0.29) is 18.4 Å². The first-order valence-electron chi connectivity index (χ1n) is 4.84. The summed E-state index contributed by atoms with van der Waals surface area (Å²) in [5.41, 5.74) is 5.40. The molecule has 0 aromatic rings. The van der Waals surface area contributed by atoms with Crippen molar-refractivity contribution in [3.63, 3.8) is 0 Å². The van der Waals surface area contributed by atoms with Crippen molar-refractivity contribution in [3.8, 4) is 0 Å². The van der Waals surface area contributed by atoms with Crippen molar-refractivity contribution in [2.75, 3.05) is 19.7 Å². The maximum atomic E-state index is 9.06. The molecule has 1 aliphatic rings. The molecule has 0 spiro atoms. The zero-order valence-electron chi connectivity index (χ0n) is 8.16. The lowest BCUT2D eigenvalue weighted by Crippen LogP contribution is -2.39. The molecule has 0 aromatic carbocycles. The Bertz CT molecular complexity index is 184. The molecule has 0 saturated carbocycles. The van der Waals surface area contributed by atoms with Crippen LogP contribution in [-0.4, -0.2) is 41.6 Å². The topological polar surface area (TPSA) is 73.3 Å². The molecule has 2 unspecified atom stereocenters. The number of amidine groups is 1. The summed E-state index contributed by atoms with van der Waals surface area (Å²) in [6, 6.07) is 0.293. The minimum Gasteiger partial charge on any atom is -0.395 e. The number of aliphatic hydroxyl groups is 1. The van der Waals surface area contributed by atoms with Crippen molar-refractivity contribution in [2.45, 2.75) is 25.8 Å². The average molecular weight is 185 g/mol. The minimum absolute atomic E-state index is 0.104. The molecule has 0 aromatic heterocycles. The first kappa shape index (κ1) is 10.5. The zero-order chi connectivity index (χ0) is 9.84. The van der Waals surface area contributed by atoms with Crippen LogP contribution in [-0.2, 0) is 0 Å². The lowest BCUT2D eigenvalue weighted by Gasteiger charge is -2.25. The number of likely N-dealkylation sites (tertiary alicyclic amines) is 1. The number of hydrogen-bond donors (Lipinski definition) is 3. The van der Waals surface area contributed by atoms with Crippen LogP contribution in [0.15, 0.2) is 0 Å². The minimum atomic E-state index is 0.104. The quantitative estimate of drug-likeness (QED) is 0.427. The fourth-order valence-corrected chi connectivity index (χ4v) is 1.79. The smallest absolute Gasteiger partial charge is 0.0947 e. The highest BCUT2D eigenvalue weighted by molar-refractivity contribution is 5.79. The summed E-state index contributed by atoms with van der Waals surface area (Å²) in [5, 5.41) is 16.3. The van der Waals surface area contributed by atoms with Gasteiger partial charge in [0, 0.05) is 18.5 Å². The molecule has 1 aliphatic heterocycles. The normalized spacial score (nSPS) is 26.2. The summed E-state index contributed by atoms with van der Waals surface area (Å²) < 4.78 is 0. The van der Waals surface area contributed by atoms with Gasteiger partial charge in [-0.2, -0.15) is 0 Å². The number of nitrogens with two attached hydrogens (primary N) is 1. The van der Waals surface area contributed by atoms with E-state index < -0.39 is 0 Å². The first-order valence-corrected chi connectivity index (χ1v) is 4.84. The van der Waals surface area contributed by atoms with E-state index >= 15 is 0 Å². The second kappa shape index (κ2) is 4.58. The van der Waals surface area contributed by atoms with E-state index in [4.69, 9.17) is 16.2 Å². The largest absolute Gasteiger partial charge is 0.395 e. The van der Waals surface area contributed by atoms with Crippen molar-refractivity contribution in [1.82, 2.24) is 4.90 Å². The molecule has 0 bridgehead atoms. The highest BCUT2D eigenvalue weighted by atomic mass is 16.3. The van der Waals surface area contributed by atoms with Gasteiger partial charge in [-0.15, -0.1) is 0 Å². The number of nitrogens with zero attached hydrogens (tertiary/aromatic N) is 1. The molecule has 76 valence electrons. The lowest BCUT2D eigenvalue weighted by molar-refractivity contribution is 0.153. The van der Waals surface area contributed by atoms with E-state index in [2.05, 4.69) is 4.90 Å². The molecule has 4 N–H and O–H groups in total. The molecule has 13 heavy (non-hydrogen) atoms. The highest BCUT2D eigenvalue weighted by Crippen LogP contribution is 2.17. The summed E-state index contributed by atoms with van der Waals surface area (Å²) in [7, 11) is 0. The summed E-state index contributed by atoms with van der Waals surface area (Å²) in [4.78, 5) is 2.23. The van der Waals surface area contributed by atoms with Gasteiger partial charge >= 0.3 is 0 Å². The van der Waals surface area contributed by atoms with Crippen LogP contribution in [0.25, 0.3) is 0 Å². The van der Waals surface area contributed by atoms with E-state index in [1.54, 1.807) is 0 Å². The Labute approximate surface area is 79.2 Å². The zero-order valence-corrected chi connectivity index (χ0v) is 8.16. The second-order valence-electron chi connectivity index (χ2n) is 3.83. The molecule has 1 rings (SSSR count). The molecule has 0 amide bonds. The maximum Gasteiger partial charge on any atom is 0.0947 e. The third-order valence-electron chi connectivity index (χ3n) is 2.75. The van der Waals surface area contributed by atoms with E-state index in [1.807, 2.05) is 6.92 Å². The van der Waals surface area contributed by atoms with Crippen LogP contribution in [0.1, 0.15) is 19.8 Å². The van der Waals surface area contributed by atoms with Gasteiger partial charge in [0.2, 0.25) is 0 Å². The fourth-order valence-electron chi connectivity index (χ4n) is 1.79. The molecule has 4 heteroatoms. The molecule has 2 atom stereocenters. The van der Waals surface area contributed by atoms with Crippen LogP contribution in [0.2, 0.25) is 0 Å². The molecule has 0 aliphatic carbocycles. The molecular formula is C9H19N3O. The number of rotatable bonds is 4. The summed E-state index contributed by atoms with van der Waals surface area (Å²) in [6.45, 7) is 4.02. The first-order chi connectivity index (χ1) is 6.15. The van der Waals surface area contributed by atoms with Crippen LogP contribution in [0, 0.1) is 11.3 Å². The van der Waals surface area contributed by atoms with E-state index in [9.17, 15) is 0 Å². The molecule has 4 nitrogen and oxygen atoms in total. The Balaban J connectivity index is 2.39. The van der Waals surface area contributed by atoms with E-state index in [0.717, 1.165) is 25.9 Å². The number of nitrogens with one attached hydrogen (secondary N) is 1. The van der Waals surface area contributed by atoms with Gasteiger partial charge in [0.15, 0.2) is 0 Å². The van der Waals surface area contributed by atoms with Gasteiger partial charge in [-0.25, -0.2) is 0 Å². The summed E-state index contributed by atoms with van der Waals surface area (Å²) in [5.74, 6) is 0.343. The van der Waals surface area contributed by atoms with Gasteiger partial charge in [-0.3, -0.25) is 10.3 Å². The van der Waals surface area contributed by atoms with Gasteiger partial charge in [-0.05, 0) is 19.4 Å². The third-order valence-corrected chi connectivity index (χ3v) is 2.75. The van der Waals surface area contributed by atoms with Gasteiger partial charge in [0.05, 0.1) is 12.4 Å². The molecule has 0 radical (unpaired) electrons. The number of hydrogen-bond acceptors (Lipinski definition) is 3. The predicted octanol–water partition coefficient (Wildman–Crippen LogP) is 0.0152. The van der Waals surface area contributed by atoms with E-state index in [0.29, 0.717) is 6.04 Å². The standard InChI is InChI=1S/C9H19N3O/c1-7(9(10)11)5-12-4-2-3-8(12)6-13/h7-8,13H,2-6H2,1H3,(H3,10,11). The fraction of sp³-hybridized carbons (Fsp3) is 0.889. The predicted molar refractivity (Wildman–Crippen MR) is 52.8 cm³/mol. The van der Waals surface area contributed by atoms with Crippen molar-refractivity contribution < 1.29 is 5.11 Å². The Hall–Kier alpha value is -0.610. The van der Waals surface area contributed by atoms with E-state index in [1.165, 1.54) is 0 Å². The Morgan fingerprint density at radius 3 is 3.00 bits per heavy atom. The van der Waals surface area contributed by atoms with Crippen LogP contribution < -0.4 is 5.73 Å². The Morgan fingerprint density at radius 1 is 1.77 bits per heavy atom. The Morgan fingerprint density at radius 2 is 2.46 bits per heavy atom. The van der Waals surface area contributed by atoms with Gasteiger partial charge in [0.25, 0.3) is 0 Å². The number of aliphatic hydroxyl groups excluding tert-OH is 1. The third kappa shape index (κ3) is 2.67. The highest BCUT2D eigenvalue weighted by Gasteiger charge is 2.25. The van der Waals surface area contributed by atoms with Crippen molar-refractivity contribution in [1.29, 1.82) is 5.41 Å². The van der Waals surface area contributed by atoms with Crippen molar-refractivity contribution in [2.24, 2.45) is 11.7 Å². The summed E-state index contributed by atoms with van der Waals surface area (Å²) >= 11 is 0. The summed E-state index contributed by atoms with van der Waals surface area (Å²) in [6.07, 6.45) is 2.22. The molecule has 1 saturated heterocycles. The molecule has 1 heterocycles. The van der Waals surface area contributed by atoms with Crippen molar-refractivity contribution >= 4 is 5.84 Å². The van der Waals surface area contributed by atoms with Crippen LogP contribution in [0.3, 0.4) is 0 Å². The lowest BCUT2D eigenvalue weighted by atomic mass is 10.1. The van der Waals surface area contributed by atoms with Crippen LogP contribution in [0.4, 0.5) is 0 Å². The van der Waals surface area contributed by atoms with Crippen molar-refractivity contribution in [3.05, 3.63) is 0 Å². The van der Waals surface area contributed by atoms with Gasteiger partial charge < -0.3 is 10.8 Å². The maximum absolute atomic E-state index is 9.06.